The number of pyridine rings is 1. The summed E-state index contributed by atoms with van der Waals surface area (Å²) in [6.07, 6.45) is -2.12. The van der Waals surface area contributed by atoms with E-state index in [-0.39, 0.29) is 5.82 Å². The predicted molar refractivity (Wildman–Crippen MR) is 115 cm³/mol. The molecule has 4 aromatic rings. The lowest BCUT2D eigenvalue weighted by molar-refractivity contribution is -0.137. The Hall–Kier alpha value is -3.87. The number of benzene rings is 3. The summed E-state index contributed by atoms with van der Waals surface area (Å²) in [4.78, 5) is 3.72. The Morgan fingerprint density at radius 2 is 1.68 bits per heavy atom. The quantitative estimate of drug-likeness (QED) is 0.294. The van der Waals surface area contributed by atoms with Gasteiger partial charge in [-0.25, -0.2) is 4.98 Å². The predicted octanol–water partition coefficient (Wildman–Crippen LogP) is 6.28. The first kappa shape index (κ1) is 20.4. The molecule has 0 bridgehead atoms. The van der Waals surface area contributed by atoms with E-state index in [1.165, 1.54) is 17.7 Å². The van der Waals surface area contributed by atoms with Gasteiger partial charge in [0.2, 0.25) is 0 Å². The summed E-state index contributed by atoms with van der Waals surface area (Å²) in [6.45, 7) is 0.392. The van der Waals surface area contributed by atoms with Gasteiger partial charge in [-0.3, -0.25) is 5.43 Å². The van der Waals surface area contributed by atoms with Crippen LogP contribution < -0.4 is 10.2 Å². The second-order valence-corrected chi connectivity index (χ2v) is 6.81. The maximum Gasteiger partial charge on any atom is 0.417 e. The van der Waals surface area contributed by atoms with E-state index in [0.717, 1.165) is 28.8 Å². The van der Waals surface area contributed by atoms with E-state index in [2.05, 4.69) is 39.8 Å². The second-order valence-electron chi connectivity index (χ2n) is 6.81. The standard InChI is InChI=1S/C24H18F3N3O/c25-24(26,27)21-11-12-23(28-15-21)30-29-14-20-7-3-4-8-22(20)31-16-17-9-10-18-5-1-2-6-19(18)13-17/h1-15H,16H2,(H,28,30)/b29-14-. The summed E-state index contributed by atoms with van der Waals surface area (Å²) >= 11 is 0. The zero-order valence-electron chi connectivity index (χ0n) is 16.3. The van der Waals surface area contributed by atoms with Gasteiger partial charge in [-0.15, -0.1) is 0 Å². The fraction of sp³-hybridized carbons (Fsp3) is 0.0833. The highest BCUT2D eigenvalue weighted by molar-refractivity contribution is 5.84. The highest BCUT2D eigenvalue weighted by Gasteiger charge is 2.30. The van der Waals surface area contributed by atoms with Gasteiger partial charge in [-0.2, -0.15) is 18.3 Å². The van der Waals surface area contributed by atoms with Gasteiger partial charge in [0.15, 0.2) is 0 Å². The third kappa shape index (κ3) is 5.19. The number of ether oxygens (including phenoxy) is 1. The van der Waals surface area contributed by atoms with Gasteiger partial charge in [-0.05, 0) is 46.7 Å². The Morgan fingerprint density at radius 3 is 2.45 bits per heavy atom. The Bertz CT molecular complexity index is 1200. The Kier molecular flexibility index (Phi) is 5.84. The molecular weight excluding hydrogens is 403 g/mol. The van der Waals surface area contributed by atoms with Crippen molar-refractivity contribution in [2.24, 2.45) is 5.10 Å². The van der Waals surface area contributed by atoms with Crippen LogP contribution in [0.4, 0.5) is 19.0 Å². The van der Waals surface area contributed by atoms with Gasteiger partial charge in [-0.1, -0.05) is 48.5 Å². The molecule has 0 radical (unpaired) electrons. The second kappa shape index (κ2) is 8.87. The van der Waals surface area contributed by atoms with Crippen LogP contribution in [-0.2, 0) is 12.8 Å². The molecule has 0 spiro atoms. The molecule has 0 atom stereocenters. The molecule has 1 heterocycles. The Labute approximate surface area is 177 Å². The number of alkyl halides is 3. The fourth-order valence-corrected chi connectivity index (χ4v) is 3.00. The van der Waals surface area contributed by atoms with Crippen LogP contribution in [0.15, 0.2) is 90.2 Å². The van der Waals surface area contributed by atoms with Crippen molar-refractivity contribution in [2.45, 2.75) is 12.8 Å². The Morgan fingerprint density at radius 1 is 0.903 bits per heavy atom. The minimum absolute atomic E-state index is 0.207. The van der Waals surface area contributed by atoms with Crippen LogP contribution in [-0.4, -0.2) is 11.2 Å². The average molecular weight is 421 g/mol. The molecule has 1 N–H and O–H groups in total. The van der Waals surface area contributed by atoms with Crippen molar-refractivity contribution in [2.75, 3.05) is 5.43 Å². The van der Waals surface area contributed by atoms with Crippen molar-refractivity contribution in [3.63, 3.8) is 0 Å². The molecule has 3 aromatic carbocycles. The molecule has 0 amide bonds. The number of hydrazone groups is 1. The molecule has 0 aliphatic carbocycles. The van der Waals surface area contributed by atoms with Crippen LogP contribution in [0.3, 0.4) is 0 Å². The third-order valence-electron chi connectivity index (χ3n) is 4.60. The highest BCUT2D eigenvalue weighted by atomic mass is 19.4. The smallest absolute Gasteiger partial charge is 0.417 e. The SMILES string of the molecule is FC(F)(F)c1ccc(N/N=C\c2ccccc2OCc2ccc3ccccc3c2)nc1. The maximum absolute atomic E-state index is 12.6. The molecule has 0 unspecified atom stereocenters. The molecule has 0 aliphatic rings. The van der Waals surface area contributed by atoms with Crippen molar-refractivity contribution < 1.29 is 17.9 Å². The van der Waals surface area contributed by atoms with E-state index < -0.39 is 11.7 Å². The monoisotopic (exact) mass is 421 g/mol. The first-order valence-electron chi connectivity index (χ1n) is 9.51. The molecule has 4 nitrogen and oxygen atoms in total. The van der Waals surface area contributed by atoms with Gasteiger partial charge in [0, 0.05) is 11.8 Å². The maximum atomic E-state index is 12.6. The third-order valence-corrected chi connectivity index (χ3v) is 4.60. The zero-order valence-corrected chi connectivity index (χ0v) is 16.3. The van der Waals surface area contributed by atoms with E-state index in [0.29, 0.717) is 12.4 Å². The van der Waals surface area contributed by atoms with Crippen LogP contribution in [0.1, 0.15) is 16.7 Å². The minimum atomic E-state index is -4.42. The number of aromatic nitrogens is 1. The van der Waals surface area contributed by atoms with Crippen molar-refractivity contribution in [1.29, 1.82) is 0 Å². The number of nitrogens with one attached hydrogen (secondary N) is 1. The van der Waals surface area contributed by atoms with Gasteiger partial charge in [0.1, 0.15) is 18.2 Å². The number of hydrogen-bond acceptors (Lipinski definition) is 4. The number of anilines is 1. The van der Waals surface area contributed by atoms with Crippen molar-refractivity contribution in [3.8, 4) is 5.75 Å². The number of halogens is 3. The van der Waals surface area contributed by atoms with Gasteiger partial charge < -0.3 is 4.74 Å². The van der Waals surface area contributed by atoms with Crippen LogP contribution in [0.25, 0.3) is 10.8 Å². The van der Waals surface area contributed by atoms with Crippen LogP contribution in [0.2, 0.25) is 0 Å². The molecule has 0 aliphatic heterocycles. The largest absolute Gasteiger partial charge is 0.488 e. The number of rotatable bonds is 6. The molecule has 0 saturated carbocycles. The van der Waals surface area contributed by atoms with Gasteiger partial charge in [0.05, 0.1) is 11.8 Å². The minimum Gasteiger partial charge on any atom is -0.488 e. The zero-order chi connectivity index (χ0) is 21.7. The number of hydrogen-bond donors (Lipinski definition) is 1. The van der Waals surface area contributed by atoms with Crippen LogP contribution in [0.5, 0.6) is 5.75 Å². The molecule has 156 valence electrons. The summed E-state index contributed by atoms with van der Waals surface area (Å²) < 4.78 is 43.8. The number of para-hydroxylation sites is 1. The van der Waals surface area contributed by atoms with Crippen molar-refractivity contribution in [3.05, 3.63) is 102 Å². The van der Waals surface area contributed by atoms with Gasteiger partial charge in [0.25, 0.3) is 0 Å². The highest BCUT2D eigenvalue weighted by Crippen LogP contribution is 2.28. The first-order valence-corrected chi connectivity index (χ1v) is 9.51. The molecule has 31 heavy (non-hydrogen) atoms. The lowest BCUT2D eigenvalue weighted by atomic mass is 10.1. The Balaban J connectivity index is 1.41. The summed E-state index contributed by atoms with van der Waals surface area (Å²) in [7, 11) is 0. The summed E-state index contributed by atoms with van der Waals surface area (Å²) in [5.41, 5.74) is 3.58. The number of fused-ring (bicyclic) bond motifs is 1. The van der Waals surface area contributed by atoms with E-state index >= 15 is 0 Å². The van der Waals surface area contributed by atoms with Crippen LogP contribution in [0, 0.1) is 0 Å². The van der Waals surface area contributed by atoms with E-state index in [1.54, 1.807) is 0 Å². The fourth-order valence-electron chi connectivity index (χ4n) is 3.00. The molecule has 1 aromatic heterocycles. The van der Waals surface area contributed by atoms with Crippen molar-refractivity contribution in [1.82, 2.24) is 4.98 Å². The van der Waals surface area contributed by atoms with E-state index in [4.69, 9.17) is 4.74 Å². The summed E-state index contributed by atoms with van der Waals surface area (Å²) in [6, 6.07) is 23.8. The molecule has 7 heteroatoms. The summed E-state index contributed by atoms with van der Waals surface area (Å²) in [5, 5.41) is 6.37. The average Bonchev–Trinajstić information content (AvgIpc) is 2.78. The topological polar surface area (TPSA) is 46.5 Å². The van der Waals surface area contributed by atoms with E-state index in [9.17, 15) is 13.2 Å². The normalized spacial score (nSPS) is 11.7. The van der Waals surface area contributed by atoms with Crippen LogP contribution >= 0.6 is 0 Å². The van der Waals surface area contributed by atoms with Gasteiger partial charge >= 0.3 is 6.18 Å². The molecule has 4 rings (SSSR count). The van der Waals surface area contributed by atoms with Crippen molar-refractivity contribution >= 4 is 22.8 Å². The van der Waals surface area contributed by atoms with E-state index in [1.807, 2.05) is 42.5 Å². The number of nitrogens with zero attached hydrogens (tertiary/aromatic N) is 2. The first-order chi connectivity index (χ1) is 15.0. The molecule has 0 fully saturated rings. The lowest BCUT2D eigenvalue weighted by Gasteiger charge is -2.10. The molecular formula is C24H18F3N3O. The lowest BCUT2D eigenvalue weighted by Crippen LogP contribution is -2.05. The summed E-state index contributed by atoms with van der Waals surface area (Å²) in [5.74, 6) is 0.848. The molecule has 0 saturated heterocycles.